The van der Waals surface area contributed by atoms with Crippen LogP contribution < -0.4 is 4.74 Å². The number of oxime groups is 1. The third-order valence-corrected chi connectivity index (χ3v) is 3.63. The second kappa shape index (κ2) is 6.15. The van der Waals surface area contributed by atoms with Crippen LogP contribution >= 0.6 is 0 Å². The van der Waals surface area contributed by atoms with Crippen LogP contribution in [0.1, 0.15) is 12.0 Å². The third kappa shape index (κ3) is 2.85. The minimum atomic E-state index is -0.351. The van der Waals surface area contributed by atoms with E-state index in [0.29, 0.717) is 29.3 Å². The fourth-order valence-corrected chi connectivity index (χ4v) is 2.44. The molecule has 0 radical (unpaired) electrons. The number of ether oxygens (including phenoxy) is 1. The standard InChI is InChI=1S/C16H13FN4O3/c17-13-7-11(1-2-15(13)21-5-4-18-10-21)14-8-12(24-19-14)9-22-16-3-6-23-20-16/h1-7,10,12H,8-9H2. The first-order valence-electron chi connectivity index (χ1n) is 7.34. The highest BCUT2D eigenvalue weighted by molar-refractivity contribution is 6.01. The van der Waals surface area contributed by atoms with Crippen molar-refractivity contribution in [3.8, 4) is 11.6 Å². The molecule has 24 heavy (non-hydrogen) atoms. The first-order chi connectivity index (χ1) is 11.8. The summed E-state index contributed by atoms with van der Waals surface area (Å²) in [6.07, 6.45) is 6.55. The van der Waals surface area contributed by atoms with Gasteiger partial charge in [-0.25, -0.2) is 9.37 Å². The first kappa shape index (κ1) is 14.4. The average molecular weight is 328 g/mol. The second-order valence-electron chi connectivity index (χ2n) is 5.25. The fraction of sp³-hybridized carbons (Fsp3) is 0.188. The topological polar surface area (TPSA) is 74.7 Å². The number of hydrogen-bond donors (Lipinski definition) is 0. The molecule has 0 bridgehead atoms. The van der Waals surface area contributed by atoms with E-state index in [1.807, 2.05) is 6.07 Å². The first-order valence-corrected chi connectivity index (χ1v) is 7.34. The van der Waals surface area contributed by atoms with Gasteiger partial charge in [0.05, 0.1) is 17.7 Å². The zero-order chi connectivity index (χ0) is 16.4. The van der Waals surface area contributed by atoms with Gasteiger partial charge < -0.3 is 18.7 Å². The van der Waals surface area contributed by atoms with Crippen molar-refractivity contribution in [3.63, 3.8) is 0 Å². The van der Waals surface area contributed by atoms with E-state index in [1.54, 1.807) is 35.4 Å². The van der Waals surface area contributed by atoms with Crippen molar-refractivity contribution in [1.82, 2.24) is 14.7 Å². The number of halogens is 1. The van der Waals surface area contributed by atoms with Crippen LogP contribution in [0.2, 0.25) is 0 Å². The summed E-state index contributed by atoms with van der Waals surface area (Å²) in [6.45, 7) is 0.287. The van der Waals surface area contributed by atoms with Gasteiger partial charge in [0, 0.05) is 30.4 Å². The van der Waals surface area contributed by atoms with Crippen LogP contribution in [0.3, 0.4) is 0 Å². The maximum Gasteiger partial charge on any atom is 0.254 e. The Bertz CT molecular complexity index is 846. The summed E-state index contributed by atoms with van der Waals surface area (Å²) in [4.78, 5) is 9.25. The zero-order valence-electron chi connectivity index (χ0n) is 12.5. The quantitative estimate of drug-likeness (QED) is 0.719. The van der Waals surface area contributed by atoms with Gasteiger partial charge in [0.2, 0.25) is 0 Å². The lowest BCUT2D eigenvalue weighted by molar-refractivity contribution is 0.0446. The molecule has 7 nitrogen and oxygen atoms in total. The van der Waals surface area contributed by atoms with Gasteiger partial charge in [-0.1, -0.05) is 11.2 Å². The van der Waals surface area contributed by atoms with Gasteiger partial charge >= 0.3 is 0 Å². The molecule has 1 aliphatic rings. The van der Waals surface area contributed by atoms with Crippen molar-refractivity contribution in [1.29, 1.82) is 0 Å². The molecule has 0 saturated carbocycles. The SMILES string of the molecule is Fc1cc(C2=NOC(COc3ccon3)C2)ccc1-n1ccnc1. The predicted molar refractivity (Wildman–Crippen MR) is 81.5 cm³/mol. The lowest BCUT2D eigenvalue weighted by Gasteiger charge is -2.08. The van der Waals surface area contributed by atoms with Gasteiger partial charge in [0.1, 0.15) is 18.7 Å². The van der Waals surface area contributed by atoms with Crippen molar-refractivity contribution < 1.29 is 18.5 Å². The molecule has 122 valence electrons. The van der Waals surface area contributed by atoms with Crippen LogP contribution in [0, 0.1) is 5.82 Å². The van der Waals surface area contributed by atoms with Crippen molar-refractivity contribution >= 4 is 5.71 Å². The van der Waals surface area contributed by atoms with Gasteiger partial charge in [-0.3, -0.25) is 0 Å². The lowest BCUT2D eigenvalue weighted by atomic mass is 10.0. The Labute approximate surface area is 136 Å². The summed E-state index contributed by atoms with van der Waals surface area (Å²) in [5.41, 5.74) is 1.79. The monoisotopic (exact) mass is 328 g/mol. The Kier molecular flexibility index (Phi) is 3.70. The van der Waals surface area contributed by atoms with Gasteiger partial charge in [-0.05, 0) is 17.3 Å². The maximum atomic E-state index is 14.3. The Morgan fingerprint density at radius 1 is 1.33 bits per heavy atom. The lowest BCUT2D eigenvalue weighted by Crippen LogP contribution is -2.18. The Hall–Kier alpha value is -3.16. The molecule has 0 N–H and O–H groups in total. The normalized spacial score (nSPS) is 16.7. The predicted octanol–water partition coefficient (Wildman–Crippen LogP) is 2.57. The second-order valence-corrected chi connectivity index (χ2v) is 5.25. The van der Waals surface area contributed by atoms with Crippen LogP contribution in [-0.4, -0.2) is 33.1 Å². The molecule has 3 aromatic rings. The highest BCUT2D eigenvalue weighted by Crippen LogP contribution is 2.21. The molecule has 0 aliphatic carbocycles. The molecule has 4 rings (SSSR count). The number of rotatable bonds is 5. The summed E-state index contributed by atoms with van der Waals surface area (Å²) in [7, 11) is 0. The van der Waals surface area contributed by atoms with Gasteiger partial charge in [-0.2, -0.15) is 0 Å². The largest absolute Gasteiger partial charge is 0.471 e. The van der Waals surface area contributed by atoms with Gasteiger partial charge in [0.25, 0.3) is 5.88 Å². The van der Waals surface area contributed by atoms with E-state index in [0.717, 1.165) is 0 Å². The number of aromatic nitrogens is 3. The molecule has 1 aromatic carbocycles. The van der Waals surface area contributed by atoms with E-state index in [-0.39, 0.29) is 18.5 Å². The van der Waals surface area contributed by atoms with Gasteiger partial charge in [-0.15, -0.1) is 0 Å². The summed E-state index contributed by atoms with van der Waals surface area (Å²) >= 11 is 0. The summed E-state index contributed by atoms with van der Waals surface area (Å²) < 4.78 is 26.0. The maximum absolute atomic E-state index is 14.3. The van der Waals surface area contributed by atoms with Crippen molar-refractivity contribution in [2.45, 2.75) is 12.5 Å². The van der Waals surface area contributed by atoms with Crippen LogP contribution in [0.25, 0.3) is 5.69 Å². The number of benzene rings is 1. The van der Waals surface area contributed by atoms with Crippen LogP contribution in [-0.2, 0) is 4.84 Å². The third-order valence-electron chi connectivity index (χ3n) is 3.63. The van der Waals surface area contributed by atoms with Crippen molar-refractivity contribution in [2.75, 3.05) is 6.61 Å². The molecule has 1 aliphatic heterocycles. The fourth-order valence-electron chi connectivity index (χ4n) is 2.44. The molecule has 0 spiro atoms. The van der Waals surface area contributed by atoms with E-state index in [4.69, 9.17) is 9.57 Å². The average Bonchev–Trinajstić information content (AvgIpc) is 3.34. The molecule has 1 unspecified atom stereocenters. The Morgan fingerprint density at radius 2 is 2.29 bits per heavy atom. The molecular weight excluding hydrogens is 315 g/mol. The minimum absolute atomic E-state index is 0.243. The Morgan fingerprint density at radius 3 is 3.04 bits per heavy atom. The molecule has 0 amide bonds. The smallest absolute Gasteiger partial charge is 0.254 e. The number of hydrogen-bond acceptors (Lipinski definition) is 6. The van der Waals surface area contributed by atoms with E-state index >= 15 is 0 Å². The molecule has 8 heteroatoms. The van der Waals surface area contributed by atoms with E-state index in [1.165, 1.54) is 12.3 Å². The van der Waals surface area contributed by atoms with Crippen molar-refractivity contribution in [2.24, 2.45) is 5.16 Å². The minimum Gasteiger partial charge on any atom is -0.471 e. The molecule has 1 atom stereocenters. The molecule has 3 heterocycles. The number of imidazole rings is 1. The van der Waals surface area contributed by atoms with E-state index in [2.05, 4.69) is 19.8 Å². The summed E-state index contributed by atoms with van der Waals surface area (Å²) in [6, 6.07) is 6.55. The zero-order valence-corrected chi connectivity index (χ0v) is 12.5. The van der Waals surface area contributed by atoms with Crippen LogP contribution in [0.4, 0.5) is 4.39 Å². The van der Waals surface area contributed by atoms with Gasteiger partial charge in [0.15, 0.2) is 6.10 Å². The molecule has 0 fully saturated rings. The Balaban J connectivity index is 1.42. The summed E-state index contributed by atoms with van der Waals surface area (Å²) in [5.74, 6) is 0.0401. The highest BCUT2D eigenvalue weighted by atomic mass is 19.1. The molecule has 0 saturated heterocycles. The van der Waals surface area contributed by atoms with E-state index < -0.39 is 0 Å². The summed E-state index contributed by atoms with van der Waals surface area (Å²) in [5, 5.41) is 7.68. The van der Waals surface area contributed by atoms with E-state index in [9.17, 15) is 4.39 Å². The molecular formula is C16H13FN4O3. The van der Waals surface area contributed by atoms with Crippen molar-refractivity contribution in [3.05, 3.63) is 60.6 Å². The van der Waals surface area contributed by atoms with Crippen LogP contribution in [0.15, 0.2) is 58.9 Å². The highest BCUT2D eigenvalue weighted by Gasteiger charge is 2.24. The van der Waals surface area contributed by atoms with Crippen LogP contribution in [0.5, 0.6) is 5.88 Å². The molecule has 2 aromatic heterocycles. The number of nitrogens with zero attached hydrogens (tertiary/aromatic N) is 4.